The Balaban J connectivity index is 1.79. The van der Waals surface area contributed by atoms with E-state index in [1.807, 2.05) is 40.7 Å². The van der Waals surface area contributed by atoms with E-state index in [1.165, 1.54) is 0 Å². The minimum Gasteiger partial charge on any atom is -0.465 e. The Hall–Kier alpha value is -2.15. The maximum atomic E-state index is 12.6. The van der Waals surface area contributed by atoms with Crippen molar-refractivity contribution in [1.82, 2.24) is 14.2 Å². The molecule has 0 bridgehead atoms. The molecule has 0 radical (unpaired) electrons. The third kappa shape index (κ3) is 2.76. The summed E-state index contributed by atoms with van der Waals surface area (Å²) in [6.45, 7) is 0.998. The van der Waals surface area contributed by atoms with Crippen LogP contribution in [0.2, 0.25) is 0 Å². The lowest BCUT2D eigenvalue weighted by atomic mass is 10.1. The van der Waals surface area contributed by atoms with Gasteiger partial charge < -0.3 is 15.3 Å². The van der Waals surface area contributed by atoms with Gasteiger partial charge in [0.25, 0.3) is 5.91 Å². The molecular weight excluding hydrogens is 302 g/mol. The molecule has 1 aromatic heterocycles. The molecule has 0 spiro atoms. The van der Waals surface area contributed by atoms with Gasteiger partial charge in [0.1, 0.15) is 0 Å². The van der Waals surface area contributed by atoms with E-state index in [0.29, 0.717) is 25.1 Å². The molecule has 22 heavy (non-hydrogen) atoms. The number of rotatable bonds is 3. The van der Waals surface area contributed by atoms with E-state index in [1.54, 1.807) is 16.8 Å². The van der Waals surface area contributed by atoms with E-state index in [-0.39, 0.29) is 11.9 Å². The Morgan fingerprint density at radius 1 is 1.36 bits per heavy atom. The van der Waals surface area contributed by atoms with Gasteiger partial charge in [-0.2, -0.15) is 0 Å². The molecule has 1 aliphatic heterocycles. The minimum atomic E-state index is -1.04. The molecule has 1 fully saturated rings. The van der Waals surface area contributed by atoms with Crippen LogP contribution in [0.5, 0.6) is 0 Å². The molecule has 1 aliphatic rings. The third-order valence-electron chi connectivity index (χ3n) is 3.90. The van der Waals surface area contributed by atoms with E-state index in [4.69, 9.17) is 5.11 Å². The molecule has 0 saturated carbocycles. The fourth-order valence-corrected chi connectivity index (χ4v) is 3.35. The predicted octanol–water partition coefficient (Wildman–Crippen LogP) is 2.25. The topological polar surface area (TPSA) is 74.6 Å². The zero-order valence-electron chi connectivity index (χ0n) is 12.2. The van der Waals surface area contributed by atoms with Crippen LogP contribution in [0.4, 0.5) is 4.79 Å². The Morgan fingerprint density at radius 2 is 2.18 bits per heavy atom. The highest BCUT2D eigenvalue weighted by Gasteiger charge is 2.28. The third-order valence-corrected chi connectivity index (χ3v) is 4.62. The molecule has 0 aliphatic carbocycles. The van der Waals surface area contributed by atoms with Crippen LogP contribution in [0.3, 0.4) is 0 Å². The fourth-order valence-electron chi connectivity index (χ4n) is 2.82. The standard InChI is InChI=1S/C15H17N3O3S/c1-22-18-7-4-10-2-3-11(8-13(10)18)14(19)17-6-5-12(9-17)16-15(20)21/h2-4,7-8,12,16H,5-6,9H2,1H3,(H,20,21). The lowest BCUT2D eigenvalue weighted by molar-refractivity contribution is 0.0788. The first-order chi connectivity index (χ1) is 10.6. The van der Waals surface area contributed by atoms with Crippen LogP contribution in [0.1, 0.15) is 16.8 Å². The Morgan fingerprint density at radius 3 is 2.91 bits per heavy atom. The maximum Gasteiger partial charge on any atom is 0.404 e. The first-order valence-corrected chi connectivity index (χ1v) is 8.21. The summed E-state index contributed by atoms with van der Waals surface area (Å²) in [7, 11) is 0. The SMILES string of the molecule is CSn1ccc2ccc(C(=O)N3CCC(NC(=O)O)C3)cc21. The van der Waals surface area contributed by atoms with Gasteiger partial charge in [0, 0.05) is 36.5 Å². The molecule has 1 atom stereocenters. The van der Waals surface area contributed by atoms with Crippen LogP contribution in [-0.2, 0) is 0 Å². The molecule has 116 valence electrons. The van der Waals surface area contributed by atoms with Gasteiger partial charge in [0.2, 0.25) is 0 Å². The van der Waals surface area contributed by atoms with Crippen molar-refractivity contribution in [3.63, 3.8) is 0 Å². The predicted molar refractivity (Wildman–Crippen MR) is 86.3 cm³/mol. The Kier molecular flexibility index (Phi) is 3.98. The number of hydrogen-bond donors (Lipinski definition) is 2. The van der Waals surface area contributed by atoms with E-state index < -0.39 is 6.09 Å². The Bertz CT molecular complexity index is 728. The summed E-state index contributed by atoms with van der Waals surface area (Å²) in [4.78, 5) is 25.0. The highest BCUT2D eigenvalue weighted by Crippen LogP contribution is 2.22. The van der Waals surface area contributed by atoms with Gasteiger partial charge in [-0.05, 0) is 36.6 Å². The summed E-state index contributed by atoms with van der Waals surface area (Å²) < 4.78 is 2.02. The summed E-state index contributed by atoms with van der Waals surface area (Å²) in [6.07, 6.45) is 3.57. The number of carboxylic acid groups (broad SMARTS) is 1. The summed E-state index contributed by atoms with van der Waals surface area (Å²) in [5.41, 5.74) is 1.65. The lowest BCUT2D eigenvalue weighted by Gasteiger charge is -2.16. The molecule has 2 heterocycles. The van der Waals surface area contributed by atoms with Crippen LogP contribution in [-0.4, -0.2) is 51.4 Å². The number of aromatic nitrogens is 1. The van der Waals surface area contributed by atoms with Crippen molar-refractivity contribution >= 4 is 34.9 Å². The number of carbonyl (C=O) groups is 2. The first-order valence-electron chi connectivity index (χ1n) is 7.03. The molecule has 2 amide bonds. The number of fused-ring (bicyclic) bond motifs is 1. The van der Waals surface area contributed by atoms with Gasteiger partial charge in [-0.3, -0.25) is 8.77 Å². The second-order valence-corrected chi connectivity index (χ2v) is 6.04. The number of benzene rings is 1. The monoisotopic (exact) mass is 319 g/mol. The number of nitrogens with zero attached hydrogens (tertiary/aromatic N) is 2. The van der Waals surface area contributed by atoms with Crippen molar-refractivity contribution < 1.29 is 14.7 Å². The normalized spacial score (nSPS) is 17.9. The van der Waals surface area contributed by atoms with Crippen LogP contribution >= 0.6 is 11.9 Å². The van der Waals surface area contributed by atoms with E-state index in [0.717, 1.165) is 10.9 Å². The maximum absolute atomic E-state index is 12.6. The largest absolute Gasteiger partial charge is 0.465 e. The molecular formula is C15H17N3O3S. The quantitative estimate of drug-likeness (QED) is 0.910. The zero-order chi connectivity index (χ0) is 15.7. The van der Waals surface area contributed by atoms with Gasteiger partial charge in [0.05, 0.1) is 11.6 Å². The second-order valence-electron chi connectivity index (χ2n) is 5.28. The van der Waals surface area contributed by atoms with Crippen molar-refractivity contribution in [2.75, 3.05) is 19.3 Å². The van der Waals surface area contributed by atoms with Crippen LogP contribution in [0, 0.1) is 0 Å². The second kappa shape index (κ2) is 5.92. The van der Waals surface area contributed by atoms with Gasteiger partial charge in [0.15, 0.2) is 0 Å². The van der Waals surface area contributed by atoms with Crippen molar-refractivity contribution in [1.29, 1.82) is 0 Å². The number of hydrogen-bond acceptors (Lipinski definition) is 3. The summed E-state index contributed by atoms with van der Waals surface area (Å²) in [6, 6.07) is 7.50. The molecule has 3 rings (SSSR count). The van der Waals surface area contributed by atoms with Crippen molar-refractivity contribution in [2.45, 2.75) is 12.5 Å². The van der Waals surface area contributed by atoms with Gasteiger partial charge in [-0.15, -0.1) is 0 Å². The molecule has 1 aromatic carbocycles. The molecule has 2 N–H and O–H groups in total. The van der Waals surface area contributed by atoms with E-state index in [2.05, 4.69) is 5.32 Å². The summed E-state index contributed by atoms with van der Waals surface area (Å²) in [5.74, 6) is -0.0505. The fraction of sp³-hybridized carbons (Fsp3) is 0.333. The van der Waals surface area contributed by atoms with Gasteiger partial charge in [-0.25, -0.2) is 4.79 Å². The van der Waals surface area contributed by atoms with E-state index in [9.17, 15) is 9.59 Å². The molecule has 2 aromatic rings. The van der Waals surface area contributed by atoms with Crippen molar-refractivity contribution in [2.24, 2.45) is 0 Å². The summed E-state index contributed by atoms with van der Waals surface area (Å²) in [5, 5.41) is 12.3. The minimum absolute atomic E-state index is 0.0505. The smallest absolute Gasteiger partial charge is 0.404 e. The van der Waals surface area contributed by atoms with Crippen molar-refractivity contribution in [3.8, 4) is 0 Å². The lowest BCUT2D eigenvalue weighted by Crippen LogP contribution is -2.37. The first kappa shape index (κ1) is 14.8. The average molecular weight is 319 g/mol. The zero-order valence-corrected chi connectivity index (χ0v) is 13.0. The van der Waals surface area contributed by atoms with E-state index >= 15 is 0 Å². The average Bonchev–Trinajstić information content (AvgIpc) is 3.11. The molecule has 7 heteroatoms. The van der Waals surface area contributed by atoms with Gasteiger partial charge in [-0.1, -0.05) is 6.07 Å². The highest BCUT2D eigenvalue weighted by molar-refractivity contribution is 7.97. The van der Waals surface area contributed by atoms with Crippen molar-refractivity contribution in [3.05, 3.63) is 36.0 Å². The molecule has 1 saturated heterocycles. The summed E-state index contributed by atoms with van der Waals surface area (Å²) >= 11 is 1.58. The number of carbonyl (C=O) groups excluding carboxylic acids is 1. The molecule has 6 nitrogen and oxygen atoms in total. The number of likely N-dealkylation sites (tertiary alicyclic amines) is 1. The van der Waals surface area contributed by atoms with Crippen LogP contribution in [0.25, 0.3) is 10.9 Å². The molecule has 1 unspecified atom stereocenters. The highest BCUT2D eigenvalue weighted by atomic mass is 32.2. The van der Waals surface area contributed by atoms with Crippen LogP contribution in [0.15, 0.2) is 30.5 Å². The Labute approximate surface area is 132 Å². The van der Waals surface area contributed by atoms with Crippen LogP contribution < -0.4 is 5.32 Å². The number of nitrogens with one attached hydrogen (secondary N) is 1. The van der Waals surface area contributed by atoms with Gasteiger partial charge >= 0.3 is 6.09 Å². The number of amides is 2.